The summed E-state index contributed by atoms with van der Waals surface area (Å²) in [5.74, 6) is 3.12. The normalized spacial score (nSPS) is 14.8. The van der Waals surface area contributed by atoms with Crippen molar-refractivity contribution >= 4 is 5.82 Å². The summed E-state index contributed by atoms with van der Waals surface area (Å²) in [5, 5.41) is 3.30. The summed E-state index contributed by atoms with van der Waals surface area (Å²) in [4.78, 5) is 11.3. The van der Waals surface area contributed by atoms with Crippen molar-refractivity contribution in [1.29, 1.82) is 0 Å². The van der Waals surface area contributed by atoms with Crippen LogP contribution >= 0.6 is 0 Å². The van der Waals surface area contributed by atoms with Crippen LogP contribution in [0.4, 0.5) is 5.82 Å². The molecular formula is C14H24N4O. The Morgan fingerprint density at radius 1 is 1.32 bits per heavy atom. The molecule has 0 atom stereocenters. The molecule has 1 aromatic rings. The molecule has 1 aliphatic carbocycles. The molecule has 0 unspecified atom stereocenters. The largest absolute Gasteiger partial charge is 0.476 e. The van der Waals surface area contributed by atoms with Crippen LogP contribution in [-0.2, 0) is 0 Å². The van der Waals surface area contributed by atoms with Gasteiger partial charge in [0.05, 0.1) is 5.56 Å². The lowest BCUT2D eigenvalue weighted by atomic mass is 10.3. The summed E-state index contributed by atoms with van der Waals surface area (Å²) in [6.07, 6.45) is 2.40. The summed E-state index contributed by atoms with van der Waals surface area (Å²) >= 11 is 0. The Labute approximate surface area is 115 Å². The predicted octanol–water partition coefficient (Wildman–Crippen LogP) is 2.03. The van der Waals surface area contributed by atoms with Crippen LogP contribution in [0.15, 0.2) is 0 Å². The Balaban J connectivity index is 2.14. The van der Waals surface area contributed by atoms with Gasteiger partial charge in [-0.25, -0.2) is 4.98 Å². The van der Waals surface area contributed by atoms with Gasteiger partial charge < -0.3 is 15.0 Å². The third kappa shape index (κ3) is 3.80. The van der Waals surface area contributed by atoms with Gasteiger partial charge in [-0.15, -0.1) is 0 Å². The van der Waals surface area contributed by atoms with Crippen molar-refractivity contribution in [2.24, 2.45) is 0 Å². The molecule has 1 aromatic heterocycles. The molecule has 1 heterocycles. The molecule has 0 saturated heterocycles. The fourth-order valence-electron chi connectivity index (χ4n) is 1.84. The van der Waals surface area contributed by atoms with Gasteiger partial charge in [-0.2, -0.15) is 4.98 Å². The standard InChI is InChI=1S/C14H24N4O/c1-5-15-12-10(2)14(19-9-8-18(3)4)17-13(16-12)11-6-7-11/h11H,5-9H2,1-4H3,(H,15,16,17). The molecule has 0 aromatic carbocycles. The molecule has 1 N–H and O–H groups in total. The molecule has 106 valence electrons. The van der Waals surface area contributed by atoms with Crippen molar-refractivity contribution in [2.45, 2.75) is 32.6 Å². The van der Waals surface area contributed by atoms with E-state index in [1.807, 2.05) is 21.0 Å². The molecule has 0 amide bonds. The Bertz CT molecular complexity index is 430. The lowest BCUT2D eigenvalue weighted by Gasteiger charge is -2.15. The van der Waals surface area contributed by atoms with Crippen LogP contribution in [-0.4, -0.2) is 48.7 Å². The van der Waals surface area contributed by atoms with Crippen molar-refractivity contribution in [3.63, 3.8) is 0 Å². The van der Waals surface area contributed by atoms with Gasteiger partial charge >= 0.3 is 0 Å². The van der Waals surface area contributed by atoms with E-state index in [0.717, 1.165) is 36.2 Å². The molecule has 1 saturated carbocycles. The first-order valence-corrected chi connectivity index (χ1v) is 7.01. The number of likely N-dealkylation sites (N-methyl/N-ethyl adjacent to an activating group) is 1. The van der Waals surface area contributed by atoms with E-state index in [9.17, 15) is 0 Å². The fraction of sp³-hybridized carbons (Fsp3) is 0.714. The lowest BCUT2D eigenvalue weighted by Crippen LogP contribution is -2.20. The monoisotopic (exact) mass is 264 g/mol. The first kappa shape index (κ1) is 14.1. The molecule has 1 aliphatic rings. The van der Waals surface area contributed by atoms with Crippen LogP contribution in [0.2, 0.25) is 0 Å². The van der Waals surface area contributed by atoms with Crippen molar-refractivity contribution in [3.8, 4) is 5.88 Å². The van der Waals surface area contributed by atoms with Gasteiger partial charge in [-0.05, 0) is 40.8 Å². The average Bonchev–Trinajstić information content (AvgIpc) is 3.17. The zero-order valence-corrected chi connectivity index (χ0v) is 12.4. The van der Waals surface area contributed by atoms with E-state index in [1.165, 1.54) is 12.8 Å². The highest BCUT2D eigenvalue weighted by Crippen LogP contribution is 2.39. The van der Waals surface area contributed by atoms with Crippen LogP contribution in [0.1, 0.15) is 37.1 Å². The minimum atomic E-state index is 0.536. The minimum Gasteiger partial charge on any atom is -0.476 e. The number of nitrogens with zero attached hydrogens (tertiary/aromatic N) is 3. The van der Waals surface area contributed by atoms with Crippen molar-refractivity contribution in [3.05, 3.63) is 11.4 Å². The number of rotatable bonds is 7. The summed E-state index contributed by atoms with van der Waals surface area (Å²) < 4.78 is 5.82. The number of nitrogens with one attached hydrogen (secondary N) is 1. The molecule has 5 nitrogen and oxygen atoms in total. The molecule has 0 radical (unpaired) electrons. The van der Waals surface area contributed by atoms with Gasteiger partial charge in [0, 0.05) is 19.0 Å². The quantitative estimate of drug-likeness (QED) is 0.816. The third-order valence-corrected chi connectivity index (χ3v) is 3.18. The van der Waals surface area contributed by atoms with E-state index in [2.05, 4.69) is 27.1 Å². The summed E-state index contributed by atoms with van der Waals surface area (Å²) in [7, 11) is 4.08. The second-order valence-electron chi connectivity index (χ2n) is 5.32. The third-order valence-electron chi connectivity index (χ3n) is 3.18. The highest BCUT2D eigenvalue weighted by Gasteiger charge is 2.28. The fourth-order valence-corrected chi connectivity index (χ4v) is 1.84. The smallest absolute Gasteiger partial charge is 0.221 e. The van der Waals surface area contributed by atoms with Crippen molar-refractivity contribution < 1.29 is 4.74 Å². The van der Waals surface area contributed by atoms with E-state index >= 15 is 0 Å². The molecule has 2 rings (SSSR count). The first-order valence-electron chi connectivity index (χ1n) is 7.01. The SMILES string of the molecule is CCNc1nc(C2CC2)nc(OCCN(C)C)c1C. The van der Waals surface area contributed by atoms with E-state index in [0.29, 0.717) is 12.5 Å². The van der Waals surface area contributed by atoms with Crippen molar-refractivity contribution in [2.75, 3.05) is 39.1 Å². The maximum absolute atomic E-state index is 5.82. The maximum atomic E-state index is 5.82. The van der Waals surface area contributed by atoms with Gasteiger partial charge in [0.1, 0.15) is 18.2 Å². The van der Waals surface area contributed by atoms with Gasteiger partial charge in [-0.1, -0.05) is 0 Å². The number of hydrogen-bond donors (Lipinski definition) is 1. The molecule has 0 spiro atoms. The van der Waals surface area contributed by atoms with E-state index in [4.69, 9.17) is 4.74 Å². The number of ether oxygens (including phenoxy) is 1. The van der Waals surface area contributed by atoms with Crippen LogP contribution in [0, 0.1) is 6.92 Å². The minimum absolute atomic E-state index is 0.536. The highest BCUT2D eigenvalue weighted by molar-refractivity contribution is 5.49. The Morgan fingerprint density at radius 3 is 2.63 bits per heavy atom. The lowest BCUT2D eigenvalue weighted by molar-refractivity contribution is 0.251. The Kier molecular flexibility index (Phi) is 4.58. The predicted molar refractivity (Wildman–Crippen MR) is 77.0 cm³/mol. The van der Waals surface area contributed by atoms with E-state index in [-0.39, 0.29) is 0 Å². The molecule has 1 fully saturated rings. The molecule has 5 heteroatoms. The first-order chi connectivity index (χ1) is 9.11. The van der Waals surface area contributed by atoms with Gasteiger partial charge in [-0.3, -0.25) is 0 Å². The highest BCUT2D eigenvalue weighted by atomic mass is 16.5. The number of aromatic nitrogens is 2. The zero-order chi connectivity index (χ0) is 13.8. The Hall–Kier alpha value is -1.36. The van der Waals surface area contributed by atoms with Crippen molar-refractivity contribution in [1.82, 2.24) is 14.9 Å². The molecular weight excluding hydrogens is 240 g/mol. The second-order valence-corrected chi connectivity index (χ2v) is 5.32. The van der Waals surface area contributed by atoms with E-state index in [1.54, 1.807) is 0 Å². The van der Waals surface area contributed by atoms with Gasteiger partial charge in [0.2, 0.25) is 5.88 Å². The van der Waals surface area contributed by atoms with Crippen LogP contribution in [0.3, 0.4) is 0 Å². The zero-order valence-electron chi connectivity index (χ0n) is 12.4. The topological polar surface area (TPSA) is 50.3 Å². The van der Waals surface area contributed by atoms with Crippen LogP contribution in [0.25, 0.3) is 0 Å². The number of hydrogen-bond acceptors (Lipinski definition) is 5. The maximum Gasteiger partial charge on any atom is 0.221 e. The molecule has 19 heavy (non-hydrogen) atoms. The average molecular weight is 264 g/mol. The number of anilines is 1. The summed E-state index contributed by atoms with van der Waals surface area (Å²) in [5.41, 5.74) is 1.00. The van der Waals surface area contributed by atoms with Crippen LogP contribution in [0.5, 0.6) is 5.88 Å². The summed E-state index contributed by atoms with van der Waals surface area (Å²) in [6.45, 7) is 6.49. The van der Waals surface area contributed by atoms with Crippen LogP contribution < -0.4 is 10.1 Å². The molecule has 0 bridgehead atoms. The van der Waals surface area contributed by atoms with Gasteiger partial charge in [0.25, 0.3) is 0 Å². The molecule has 0 aliphatic heterocycles. The Morgan fingerprint density at radius 2 is 2.05 bits per heavy atom. The summed E-state index contributed by atoms with van der Waals surface area (Å²) in [6, 6.07) is 0. The second kappa shape index (κ2) is 6.19. The van der Waals surface area contributed by atoms with Gasteiger partial charge in [0.15, 0.2) is 0 Å². The van der Waals surface area contributed by atoms with E-state index < -0.39 is 0 Å².